The van der Waals surface area contributed by atoms with Gasteiger partial charge in [0.05, 0.1) is 5.69 Å². The lowest BCUT2D eigenvalue weighted by Crippen LogP contribution is -1.94. The van der Waals surface area contributed by atoms with E-state index in [-0.39, 0.29) is 5.41 Å². The van der Waals surface area contributed by atoms with E-state index in [0.29, 0.717) is 11.8 Å². The molecule has 1 saturated carbocycles. The van der Waals surface area contributed by atoms with Gasteiger partial charge in [0, 0.05) is 11.5 Å². The van der Waals surface area contributed by atoms with Crippen LogP contribution in [-0.4, -0.2) is 30.4 Å². The Bertz CT molecular complexity index is 759. The largest absolute Gasteiger partial charge is 0.420 e. The maximum absolute atomic E-state index is 5.79. The molecule has 21 heavy (non-hydrogen) atoms. The third kappa shape index (κ3) is 2.10. The minimum absolute atomic E-state index is 0.285. The maximum Gasteiger partial charge on any atom is 0.247 e. The SMILES string of the molecule is CC1(C)CC1c1nnc(-c2ccc(-n3cnnn3)cc2)o1. The molecule has 1 aliphatic carbocycles. The summed E-state index contributed by atoms with van der Waals surface area (Å²) >= 11 is 0. The number of aromatic nitrogens is 6. The molecule has 0 saturated heterocycles. The molecule has 1 atom stereocenters. The van der Waals surface area contributed by atoms with Crippen LogP contribution in [-0.2, 0) is 0 Å². The van der Waals surface area contributed by atoms with Crippen molar-refractivity contribution >= 4 is 0 Å². The predicted molar refractivity (Wildman–Crippen MR) is 73.6 cm³/mol. The van der Waals surface area contributed by atoms with Crippen molar-refractivity contribution in [1.29, 1.82) is 0 Å². The molecule has 1 aliphatic rings. The number of rotatable bonds is 3. The number of hydrogen-bond donors (Lipinski definition) is 0. The first-order valence-electron chi connectivity index (χ1n) is 6.81. The van der Waals surface area contributed by atoms with Gasteiger partial charge in [0.2, 0.25) is 11.8 Å². The molecule has 2 aromatic heterocycles. The van der Waals surface area contributed by atoms with E-state index in [1.807, 2.05) is 24.3 Å². The highest BCUT2D eigenvalue weighted by atomic mass is 16.4. The van der Waals surface area contributed by atoms with E-state index in [1.165, 1.54) is 0 Å². The van der Waals surface area contributed by atoms with Crippen molar-refractivity contribution in [1.82, 2.24) is 30.4 Å². The molecule has 0 amide bonds. The van der Waals surface area contributed by atoms with Crippen molar-refractivity contribution in [3.63, 3.8) is 0 Å². The molecule has 1 unspecified atom stereocenters. The summed E-state index contributed by atoms with van der Waals surface area (Å²) in [7, 11) is 0. The highest BCUT2D eigenvalue weighted by Gasteiger charge is 2.50. The molecule has 106 valence electrons. The fraction of sp³-hybridized carbons (Fsp3) is 0.357. The van der Waals surface area contributed by atoms with E-state index in [2.05, 4.69) is 39.6 Å². The fourth-order valence-electron chi connectivity index (χ4n) is 2.42. The van der Waals surface area contributed by atoms with Crippen molar-refractivity contribution in [3.05, 3.63) is 36.5 Å². The normalized spacial score (nSPS) is 19.6. The zero-order valence-electron chi connectivity index (χ0n) is 11.8. The first kappa shape index (κ1) is 12.2. The lowest BCUT2D eigenvalue weighted by molar-refractivity contribution is 0.476. The summed E-state index contributed by atoms with van der Waals surface area (Å²) in [5.41, 5.74) is 2.06. The van der Waals surface area contributed by atoms with Crippen LogP contribution in [0.3, 0.4) is 0 Å². The molecular formula is C14H14N6O. The van der Waals surface area contributed by atoms with E-state index < -0.39 is 0 Å². The number of tetrazole rings is 1. The monoisotopic (exact) mass is 282 g/mol. The van der Waals surface area contributed by atoms with Crippen LogP contribution in [0.1, 0.15) is 32.1 Å². The predicted octanol–water partition coefficient (Wildman–Crippen LogP) is 2.23. The summed E-state index contributed by atoms with van der Waals surface area (Å²) in [6.45, 7) is 4.42. The number of nitrogens with zero attached hydrogens (tertiary/aromatic N) is 6. The Morgan fingerprint density at radius 2 is 1.95 bits per heavy atom. The van der Waals surface area contributed by atoms with Crippen LogP contribution in [0.25, 0.3) is 17.1 Å². The minimum atomic E-state index is 0.285. The average molecular weight is 282 g/mol. The van der Waals surface area contributed by atoms with E-state index >= 15 is 0 Å². The van der Waals surface area contributed by atoms with Gasteiger partial charge in [0.1, 0.15) is 6.33 Å². The summed E-state index contributed by atoms with van der Waals surface area (Å²) in [5.74, 6) is 1.68. The minimum Gasteiger partial charge on any atom is -0.420 e. The second kappa shape index (κ2) is 4.21. The second-order valence-electron chi connectivity index (χ2n) is 5.99. The third-order valence-corrected chi connectivity index (χ3v) is 3.98. The van der Waals surface area contributed by atoms with Gasteiger partial charge >= 0.3 is 0 Å². The summed E-state index contributed by atoms with van der Waals surface area (Å²) in [6, 6.07) is 7.67. The van der Waals surface area contributed by atoms with Crippen molar-refractivity contribution in [2.75, 3.05) is 0 Å². The van der Waals surface area contributed by atoms with Gasteiger partial charge in [-0.3, -0.25) is 0 Å². The van der Waals surface area contributed by atoms with Crippen molar-refractivity contribution in [2.45, 2.75) is 26.2 Å². The molecule has 0 bridgehead atoms. The Balaban J connectivity index is 1.59. The van der Waals surface area contributed by atoms with Gasteiger partial charge in [-0.25, -0.2) is 4.68 Å². The molecule has 7 nitrogen and oxygen atoms in total. The molecule has 2 heterocycles. The Morgan fingerprint density at radius 1 is 1.19 bits per heavy atom. The molecular weight excluding hydrogens is 268 g/mol. The van der Waals surface area contributed by atoms with E-state index in [0.717, 1.165) is 23.6 Å². The van der Waals surface area contributed by atoms with Crippen molar-refractivity contribution in [2.24, 2.45) is 5.41 Å². The van der Waals surface area contributed by atoms with Gasteiger partial charge in [-0.1, -0.05) is 13.8 Å². The fourth-order valence-corrected chi connectivity index (χ4v) is 2.42. The Kier molecular flexibility index (Phi) is 2.44. The molecule has 7 heteroatoms. The molecule has 0 aliphatic heterocycles. The van der Waals surface area contributed by atoms with E-state index in [4.69, 9.17) is 4.42 Å². The van der Waals surface area contributed by atoms with Crippen LogP contribution in [0.4, 0.5) is 0 Å². The molecule has 0 spiro atoms. The lowest BCUT2D eigenvalue weighted by Gasteiger charge is -2.00. The summed E-state index contributed by atoms with van der Waals surface area (Å²) < 4.78 is 7.38. The van der Waals surface area contributed by atoms with Crippen LogP contribution in [0.15, 0.2) is 35.0 Å². The average Bonchev–Trinajstić information content (AvgIpc) is 2.99. The lowest BCUT2D eigenvalue weighted by atomic mass is 10.1. The summed E-state index contributed by atoms with van der Waals surface area (Å²) in [5, 5.41) is 19.4. The van der Waals surface area contributed by atoms with Crippen molar-refractivity contribution in [3.8, 4) is 17.1 Å². The highest BCUT2D eigenvalue weighted by molar-refractivity contribution is 5.55. The molecule has 0 radical (unpaired) electrons. The first-order chi connectivity index (χ1) is 10.1. The first-order valence-corrected chi connectivity index (χ1v) is 6.81. The summed E-state index contributed by atoms with van der Waals surface area (Å²) in [6.07, 6.45) is 2.65. The molecule has 4 rings (SSSR count). The van der Waals surface area contributed by atoms with E-state index in [9.17, 15) is 0 Å². The number of hydrogen-bond acceptors (Lipinski definition) is 6. The Labute approximate surface area is 121 Å². The highest BCUT2D eigenvalue weighted by Crippen LogP contribution is 2.58. The number of benzene rings is 1. The molecule has 1 aromatic carbocycles. The third-order valence-electron chi connectivity index (χ3n) is 3.98. The smallest absolute Gasteiger partial charge is 0.247 e. The van der Waals surface area contributed by atoms with E-state index in [1.54, 1.807) is 11.0 Å². The van der Waals surface area contributed by atoms with Crippen LogP contribution in [0.2, 0.25) is 0 Å². The Hall–Kier alpha value is -2.57. The molecule has 3 aromatic rings. The zero-order valence-corrected chi connectivity index (χ0v) is 11.8. The Morgan fingerprint density at radius 3 is 2.57 bits per heavy atom. The zero-order chi connectivity index (χ0) is 14.4. The van der Waals surface area contributed by atoms with Crippen LogP contribution in [0.5, 0.6) is 0 Å². The standard InChI is InChI=1S/C14H14N6O/c1-14(2)7-11(14)13-17-16-12(21-13)9-3-5-10(6-4-9)20-8-15-18-19-20/h3-6,8,11H,7H2,1-2H3. The van der Waals surface area contributed by atoms with Gasteiger partial charge in [0.15, 0.2) is 0 Å². The van der Waals surface area contributed by atoms with Crippen LogP contribution >= 0.6 is 0 Å². The van der Waals surface area contributed by atoms with Crippen LogP contribution in [0, 0.1) is 5.41 Å². The topological polar surface area (TPSA) is 82.5 Å². The van der Waals surface area contributed by atoms with Gasteiger partial charge < -0.3 is 4.42 Å². The van der Waals surface area contributed by atoms with Gasteiger partial charge in [-0.15, -0.1) is 15.3 Å². The van der Waals surface area contributed by atoms with Crippen molar-refractivity contribution < 1.29 is 4.42 Å². The van der Waals surface area contributed by atoms with Gasteiger partial charge in [-0.2, -0.15) is 0 Å². The summed E-state index contributed by atoms with van der Waals surface area (Å²) in [4.78, 5) is 0. The van der Waals surface area contributed by atoms with Gasteiger partial charge in [0.25, 0.3) is 0 Å². The molecule has 1 fully saturated rings. The maximum atomic E-state index is 5.79. The van der Waals surface area contributed by atoms with Gasteiger partial charge in [-0.05, 0) is 46.5 Å². The quantitative estimate of drug-likeness (QED) is 0.732. The second-order valence-corrected chi connectivity index (χ2v) is 5.99. The molecule has 0 N–H and O–H groups in total. The van der Waals surface area contributed by atoms with Crippen LogP contribution < -0.4 is 0 Å².